The van der Waals surface area contributed by atoms with Gasteiger partial charge in [0.15, 0.2) is 0 Å². The van der Waals surface area contributed by atoms with Crippen molar-refractivity contribution in [2.45, 2.75) is 6.54 Å². The van der Waals surface area contributed by atoms with E-state index in [9.17, 15) is 0 Å². The second-order valence-corrected chi connectivity index (χ2v) is 2.79. The van der Waals surface area contributed by atoms with Gasteiger partial charge in [-0.25, -0.2) is 0 Å². The SMILES string of the molecule is [NH3+]Cc1ccc(Br)cc1. The predicted octanol–water partition coefficient (Wildman–Crippen LogP) is 1.19. The highest BCUT2D eigenvalue weighted by molar-refractivity contribution is 9.10. The Bertz CT molecular complexity index is 181. The van der Waals surface area contributed by atoms with E-state index >= 15 is 0 Å². The Balaban J connectivity index is 2.88. The fourth-order valence-electron chi connectivity index (χ4n) is 0.651. The molecular weight excluding hydrogens is 178 g/mol. The largest absolute Gasteiger partial charge is 0.354 e. The minimum atomic E-state index is 0.868. The summed E-state index contributed by atoms with van der Waals surface area (Å²) in [5.41, 5.74) is 5.05. The molecule has 1 nitrogen and oxygen atoms in total. The molecular formula is C7H9BrN+. The van der Waals surface area contributed by atoms with Crippen LogP contribution >= 0.6 is 15.9 Å². The topological polar surface area (TPSA) is 27.6 Å². The van der Waals surface area contributed by atoms with Gasteiger partial charge >= 0.3 is 0 Å². The molecule has 9 heavy (non-hydrogen) atoms. The third kappa shape index (κ3) is 1.80. The lowest BCUT2D eigenvalue weighted by molar-refractivity contribution is -0.386. The predicted molar refractivity (Wildman–Crippen MR) is 40.7 cm³/mol. The molecule has 0 spiro atoms. The first-order chi connectivity index (χ1) is 4.33. The zero-order valence-corrected chi connectivity index (χ0v) is 6.69. The van der Waals surface area contributed by atoms with Crippen molar-refractivity contribution in [3.8, 4) is 0 Å². The summed E-state index contributed by atoms with van der Waals surface area (Å²) in [6, 6.07) is 8.19. The molecule has 0 saturated heterocycles. The lowest BCUT2D eigenvalue weighted by Gasteiger charge is -1.91. The Morgan fingerprint density at radius 3 is 2.22 bits per heavy atom. The second kappa shape index (κ2) is 2.99. The molecule has 0 fully saturated rings. The zero-order chi connectivity index (χ0) is 6.69. The fourth-order valence-corrected chi connectivity index (χ4v) is 0.915. The van der Waals surface area contributed by atoms with Crippen molar-refractivity contribution >= 4 is 15.9 Å². The number of halogens is 1. The molecule has 0 atom stereocenters. The molecule has 0 unspecified atom stereocenters. The second-order valence-electron chi connectivity index (χ2n) is 1.88. The first-order valence-corrected chi connectivity index (χ1v) is 3.66. The quantitative estimate of drug-likeness (QED) is 0.683. The maximum absolute atomic E-state index is 3.77. The van der Waals surface area contributed by atoms with E-state index in [2.05, 4.69) is 33.8 Å². The summed E-state index contributed by atoms with van der Waals surface area (Å²) in [5.74, 6) is 0. The normalized spacial score (nSPS) is 9.56. The smallest absolute Gasteiger partial charge is 0.0997 e. The molecule has 0 aromatic heterocycles. The number of quaternary nitrogens is 1. The number of hydrogen-bond acceptors (Lipinski definition) is 0. The van der Waals surface area contributed by atoms with E-state index in [0.717, 1.165) is 11.0 Å². The molecule has 3 N–H and O–H groups in total. The molecule has 48 valence electrons. The number of hydrogen-bond donors (Lipinski definition) is 1. The summed E-state index contributed by atoms with van der Waals surface area (Å²) in [6.45, 7) is 0.868. The van der Waals surface area contributed by atoms with E-state index in [1.807, 2.05) is 12.1 Å². The molecule has 0 saturated carbocycles. The van der Waals surface area contributed by atoms with E-state index < -0.39 is 0 Å². The van der Waals surface area contributed by atoms with Gasteiger partial charge in [0.1, 0.15) is 0 Å². The highest BCUT2D eigenvalue weighted by Gasteiger charge is 1.88. The molecule has 1 aromatic carbocycles. The van der Waals surface area contributed by atoms with Gasteiger partial charge in [0.25, 0.3) is 0 Å². The highest BCUT2D eigenvalue weighted by Crippen LogP contribution is 2.09. The van der Waals surface area contributed by atoms with Gasteiger partial charge in [-0.1, -0.05) is 28.1 Å². The molecule has 1 aromatic rings. The lowest BCUT2D eigenvalue weighted by Crippen LogP contribution is -2.47. The Labute approximate surface area is 63.0 Å². The summed E-state index contributed by atoms with van der Waals surface area (Å²) in [4.78, 5) is 0. The number of benzene rings is 1. The first-order valence-electron chi connectivity index (χ1n) is 2.86. The molecule has 1 rings (SSSR count). The van der Waals surface area contributed by atoms with Crippen molar-refractivity contribution < 1.29 is 5.73 Å². The summed E-state index contributed by atoms with van der Waals surface area (Å²) in [7, 11) is 0. The summed E-state index contributed by atoms with van der Waals surface area (Å²) >= 11 is 3.35. The average molecular weight is 187 g/mol. The van der Waals surface area contributed by atoms with Crippen LogP contribution in [-0.4, -0.2) is 0 Å². The molecule has 0 aliphatic carbocycles. The van der Waals surface area contributed by atoms with Gasteiger partial charge < -0.3 is 5.73 Å². The Morgan fingerprint density at radius 2 is 1.78 bits per heavy atom. The van der Waals surface area contributed by atoms with E-state index in [1.165, 1.54) is 5.56 Å². The van der Waals surface area contributed by atoms with Crippen LogP contribution in [0.2, 0.25) is 0 Å². The Morgan fingerprint density at radius 1 is 1.22 bits per heavy atom. The average Bonchev–Trinajstić information content (AvgIpc) is 1.90. The van der Waals surface area contributed by atoms with Crippen LogP contribution in [0.3, 0.4) is 0 Å². The van der Waals surface area contributed by atoms with Crippen LogP contribution in [0.25, 0.3) is 0 Å². The Hall–Kier alpha value is -0.340. The molecule has 0 amide bonds. The minimum absolute atomic E-state index is 0.868. The lowest BCUT2D eigenvalue weighted by atomic mass is 10.2. The van der Waals surface area contributed by atoms with Crippen LogP contribution in [-0.2, 0) is 6.54 Å². The van der Waals surface area contributed by atoms with Gasteiger partial charge in [0, 0.05) is 10.0 Å². The van der Waals surface area contributed by atoms with Crippen LogP contribution in [0.1, 0.15) is 5.56 Å². The summed E-state index contributed by atoms with van der Waals surface area (Å²) < 4.78 is 1.12. The van der Waals surface area contributed by atoms with Crippen LogP contribution in [0, 0.1) is 0 Å². The van der Waals surface area contributed by atoms with E-state index in [4.69, 9.17) is 0 Å². The highest BCUT2D eigenvalue weighted by atomic mass is 79.9. The fraction of sp³-hybridized carbons (Fsp3) is 0.143. The molecule has 2 heteroatoms. The zero-order valence-electron chi connectivity index (χ0n) is 5.10. The van der Waals surface area contributed by atoms with Gasteiger partial charge in [-0.05, 0) is 12.1 Å². The van der Waals surface area contributed by atoms with Crippen molar-refractivity contribution in [1.29, 1.82) is 0 Å². The summed E-state index contributed by atoms with van der Waals surface area (Å²) in [5, 5.41) is 0. The summed E-state index contributed by atoms with van der Waals surface area (Å²) in [6.07, 6.45) is 0. The molecule has 0 radical (unpaired) electrons. The standard InChI is InChI=1S/C7H8BrN/c8-7-3-1-6(5-9)2-4-7/h1-4H,5,9H2/p+1. The van der Waals surface area contributed by atoms with Crippen LogP contribution in [0.15, 0.2) is 28.7 Å². The van der Waals surface area contributed by atoms with Crippen molar-refractivity contribution in [2.75, 3.05) is 0 Å². The van der Waals surface area contributed by atoms with Gasteiger partial charge in [0.05, 0.1) is 6.54 Å². The minimum Gasteiger partial charge on any atom is -0.354 e. The number of rotatable bonds is 1. The third-order valence-electron chi connectivity index (χ3n) is 1.20. The molecule has 0 heterocycles. The van der Waals surface area contributed by atoms with Crippen molar-refractivity contribution in [3.05, 3.63) is 34.3 Å². The van der Waals surface area contributed by atoms with Crippen molar-refractivity contribution in [2.24, 2.45) is 0 Å². The van der Waals surface area contributed by atoms with Gasteiger partial charge in [-0.2, -0.15) is 0 Å². The van der Waals surface area contributed by atoms with Crippen LogP contribution < -0.4 is 5.73 Å². The van der Waals surface area contributed by atoms with E-state index in [1.54, 1.807) is 0 Å². The third-order valence-corrected chi connectivity index (χ3v) is 1.73. The van der Waals surface area contributed by atoms with Crippen molar-refractivity contribution in [1.82, 2.24) is 0 Å². The monoisotopic (exact) mass is 186 g/mol. The molecule has 0 aliphatic heterocycles. The van der Waals surface area contributed by atoms with Crippen molar-refractivity contribution in [3.63, 3.8) is 0 Å². The molecule has 0 aliphatic rings. The van der Waals surface area contributed by atoms with E-state index in [-0.39, 0.29) is 0 Å². The van der Waals surface area contributed by atoms with Crippen LogP contribution in [0.4, 0.5) is 0 Å². The molecule has 0 bridgehead atoms. The maximum Gasteiger partial charge on any atom is 0.0997 e. The van der Waals surface area contributed by atoms with Gasteiger partial charge in [0.2, 0.25) is 0 Å². The van der Waals surface area contributed by atoms with Crippen LogP contribution in [0.5, 0.6) is 0 Å². The Kier molecular flexibility index (Phi) is 2.25. The van der Waals surface area contributed by atoms with Gasteiger partial charge in [-0.15, -0.1) is 0 Å². The van der Waals surface area contributed by atoms with E-state index in [0.29, 0.717) is 0 Å². The maximum atomic E-state index is 3.77. The van der Waals surface area contributed by atoms with Gasteiger partial charge in [-0.3, -0.25) is 0 Å². The first kappa shape index (κ1) is 6.78.